The molecule has 1 aliphatic rings. The second kappa shape index (κ2) is 6.93. The number of rotatable bonds is 4. The summed E-state index contributed by atoms with van der Waals surface area (Å²) in [5.41, 5.74) is 11.2. The minimum Gasteiger partial charge on any atom is -0.398 e. The van der Waals surface area contributed by atoms with E-state index in [1.807, 2.05) is 31.1 Å². The summed E-state index contributed by atoms with van der Waals surface area (Å²) < 4.78 is 0. The van der Waals surface area contributed by atoms with Gasteiger partial charge in [0.05, 0.1) is 6.04 Å². The van der Waals surface area contributed by atoms with E-state index in [2.05, 4.69) is 29.0 Å². The number of hydrogen-bond acceptors (Lipinski definition) is 5. The number of anilines is 2. The third-order valence-electron chi connectivity index (χ3n) is 4.45. The monoisotopic (exact) mass is 337 g/mol. The van der Waals surface area contributed by atoms with Crippen molar-refractivity contribution >= 4 is 23.6 Å². The fourth-order valence-corrected chi connectivity index (χ4v) is 3.05. The number of carbonyl (C=O) groups excluding carboxylic acids is 1. The largest absolute Gasteiger partial charge is 0.398 e. The Balaban J connectivity index is 1.99. The van der Waals surface area contributed by atoms with Crippen LogP contribution in [0.4, 0.5) is 11.6 Å². The molecule has 2 heterocycles. The highest BCUT2D eigenvalue weighted by atomic mass is 16.1. The first kappa shape index (κ1) is 17.0. The van der Waals surface area contributed by atoms with Crippen LogP contribution in [-0.4, -0.2) is 41.9 Å². The highest BCUT2D eigenvalue weighted by Crippen LogP contribution is 2.34. The maximum Gasteiger partial charge on any atom is 0.224 e. The molecule has 6 nitrogen and oxygen atoms in total. The summed E-state index contributed by atoms with van der Waals surface area (Å²) in [6.45, 7) is 2.69. The molecule has 2 aromatic rings. The van der Waals surface area contributed by atoms with Crippen molar-refractivity contribution in [1.82, 2.24) is 14.9 Å². The topological polar surface area (TPSA) is 75.3 Å². The summed E-state index contributed by atoms with van der Waals surface area (Å²) in [5.74, 6) is 0.643. The van der Waals surface area contributed by atoms with Crippen molar-refractivity contribution in [1.29, 1.82) is 0 Å². The van der Waals surface area contributed by atoms with Crippen molar-refractivity contribution in [3.63, 3.8) is 0 Å². The van der Waals surface area contributed by atoms with Crippen LogP contribution in [0.15, 0.2) is 36.7 Å². The van der Waals surface area contributed by atoms with Gasteiger partial charge >= 0.3 is 0 Å². The van der Waals surface area contributed by atoms with Crippen molar-refractivity contribution < 1.29 is 4.79 Å². The molecular formula is C19H23N5O. The number of amides is 1. The lowest BCUT2D eigenvalue weighted by Gasteiger charge is -2.32. The molecule has 0 fully saturated rings. The number of hydrogen-bond donors (Lipinski definition) is 1. The maximum absolute atomic E-state index is 11.5. The average molecular weight is 337 g/mol. The quantitative estimate of drug-likeness (QED) is 0.685. The van der Waals surface area contributed by atoms with Gasteiger partial charge in [-0.1, -0.05) is 17.7 Å². The summed E-state index contributed by atoms with van der Waals surface area (Å²) >= 11 is 0. The molecule has 0 bridgehead atoms. The maximum atomic E-state index is 11.5. The van der Waals surface area contributed by atoms with Gasteiger partial charge in [0.2, 0.25) is 12.4 Å². The summed E-state index contributed by atoms with van der Waals surface area (Å²) in [6.07, 6.45) is 7.32. The molecule has 0 spiro atoms. The number of nitrogens with two attached hydrogens (primary N) is 1. The van der Waals surface area contributed by atoms with Gasteiger partial charge < -0.3 is 15.5 Å². The molecule has 3 rings (SSSR count). The predicted octanol–water partition coefficient (Wildman–Crippen LogP) is 2.42. The molecule has 1 aliphatic heterocycles. The van der Waals surface area contributed by atoms with Crippen molar-refractivity contribution in [2.75, 3.05) is 31.3 Å². The summed E-state index contributed by atoms with van der Waals surface area (Å²) in [7, 11) is 3.79. The van der Waals surface area contributed by atoms with E-state index in [0.29, 0.717) is 12.5 Å². The van der Waals surface area contributed by atoms with Crippen molar-refractivity contribution in [3.05, 3.63) is 53.4 Å². The number of nitrogen functional groups attached to an aromatic ring is 1. The van der Waals surface area contributed by atoms with Gasteiger partial charge in [0.25, 0.3) is 0 Å². The molecule has 0 aliphatic carbocycles. The molecule has 130 valence electrons. The van der Waals surface area contributed by atoms with Crippen molar-refractivity contribution in [3.8, 4) is 0 Å². The molecule has 1 unspecified atom stereocenters. The standard InChI is InChI=1S/C19H23N5O/c1-13-4-5-17(20)16(8-13)14-6-7-24(12-25)18(9-14)15-10-21-19(22-11-15)23(2)3/h4-5,8-12,18H,6-7,20H2,1-3H3. The number of carbonyl (C=O) groups is 1. The van der Waals surface area contributed by atoms with E-state index in [9.17, 15) is 4.79 Å². The van der Waals surface area contributed by atoms with Crippen LogP contribution >= 0.6 is 0 Å². The van der Waals surface area contributed by atoms with Crippen LogP contribution in [0.25, 0.3) is 5.57 Å². The number of aryl methyl sites for hydroxylation is 1. The Morgan fingerprint density at radius 1 is 1.28 bits per heavy atom. The van der Waals surface area contributed by atoms with Gasteiger partial charge in [-0.25, -0.2) is 9.97 Å². The Bertz CT molecular complexity index is 798. The van der Waals surface area contributed by atoms with Crippen LogP contribution < -0.4 is 10.6 Å². The Morgan fingerprint density at radius 2 is 2.00 bits per heavy atom. The summed E-state index contributed by atoms with van der Waals surface area (Å²) in [5, 5.41) is 0. The zero-order valence-electron chi connectivity index (χ0n) is 14.8. The van der Waals surface area contributed by atoms with Gasteiger partial charge in [-0.3, -0.25) is 4.79 Å². The third kappa shape index (κ3) is 3.47. The van der Waals surface area contributed by atoms with E-state index in [1.54, 1.807) is 17.3 Å². The Labute approximate surface area is 148 Å². The molecular weight excluding hydrogens is 314 g/mol. The van der Waals surface area contributed by atoms with Gasteiger partial charge in [-0.15, -0.1) is 0 Å². The minimum absolute atomic E-state index is 0.183. The van der Waals surface area contributed by atoms with E-state index in [0.717, 1.165) is 40.8 Å². The second-order valence-electron chi connectivity index (χ2n) is 6.53. The lowest BCUT2D eigenvalue weighted by molar-refractivity contribution is -0.119. The highest BCUT2D eigenvalue weighted by Gasteiger charge is 2.24. The lowest BCUT2D eigenvalue weighted by Crippen LogP contribution is -2.31. The molecule has 1 aromatic carbocycles. The summed E-state index contributed by atoms with van der Waals surface area (Å²) in [4.78, 5) is 23.9. The van der Waals surface area contributed by atoms with Crippen LogP contribution in [-0.2, 0) is 4.79 Å². The molecule has 6 heteroatoms. The first-order valence-corrected chi connectivity index (χ1v) is 8.27. The van der Waals surface area contributed by atoms with Crippen LogP contribution in [0.1, 0.15) is 29.2 Å². The molecule has 0 radical (unpaired) electrons. The number of nitrogens with zero attached hydrogens (tertiary/aromatic N) is 4. The SMILES string of the molecule is Cc1ccc(N)c(C2=CC(c3cnc(N(C)C)nc3)N(C=O)CC2)c1. The molecule has 0 saturated heterocycles. The Morgan fingerprint density at radius 3 is 2.64 bits per heavy atom. The second-order valence-corrected chi connectivity index (χ2v) is 6.53. The van der Waals surface area contributed by atoms with Gasteiger partial charge in [0.15, 0.2) is 0 Å². The Hall–Kier alpha value is -2.89. The van der Waals surface area contributed by atoms with Crippen LogP contribution in [0.2, 0.25) is 0 Å². The first-order valence-electron chi connectivity index (χ1n) is 8.27. The normalized spacial score (nSPS) is 17.2. The predicted molar refractivity (Wildman–Crippen MR) is 100 cm³/mol. The average Bonchev–Trinajstić information content (AvgIpc) is 2.63. The zero-order valence-corrected chi connectivity index (χ0v) is 14.8. The molecule has 1 aromatic heterocycles. The summed E-state index contributed by atoms with van der Waals surface area (Å²) in [6, 6.07) is 5.85. The first-order chi connectivity index (χ1) is 12.0. The van der Waals surface area contributed by atoms with E-state index >= 15 is 0 Å². The minimum atomic E-state index is -0.183. The van der Waals surface area contributed by atoms with Crippen LogP contribution in [0, 0.1) is 6.92 Å². The van der Waals surface area contributed by atoms with Gasteiger partial charge in [0, 0.05) is 49.8 Å². The number of benzene rings is 1. The van der Waals surface area contributed by atoms with E-state index in [-0.39, 0.29) is 6.04 Å². The van der Waals surface area contributed by atoms with E-state index in [1.165, 1.54) is 0 Å². The fraction of sp³-hybridized carbons (Fsp3) is 0.316. The van der Waals surface area contributed by atoms with E-state index in [4.69, 9.17) is 5.73 Å². The van der Waals surface area contributed by atoms with Crippen molar-refractivity contribution in [2.45, 2.75) is 19.4 Å². The van der Waals surface area contributed by atoms with E-state index < -0.39 is 0 Å². The third-order valence-corrected chi connectivity index (χ3v) is 4.45. The molecule has 25 heavy (non-hydrogen) atoms. The van der Waals surface area contributed by atoms with Gasteiger partial charge in [-0.05, 0) is 31.1 Å². The lowest BCUT2D eigenvalue weighted by atomic mass is 9.92. The van der Waals surface area contributed by atoms with Gasteiger partial charge in [-0.2, -0.15) is 0 Å². The molecule has 1 atom stereocenters. The Kier molecular flexibility index (Phi) is 4.70. The smallest absolute Gasteiger partial charge is 0.224 e. The van der Waals surface area contributed by atoms with Crippen LogP contribution in [0.5, 0.6) is 0 Å². The van der Waals surface area contributed by atoms with Crippen LogP contribution in [0.3, 0.4) is 0 Å². The molecule has 1 amide bonds. The fourth-order valence-electron chi connectivity index (χ4n) is 3.05. The molecule has 2 N–H and O–H groups in total. The van der Waals surface area contributed by atoms with Crippen molar-refractivity contribution in [2.24, 2.45) is 0 Å². The number of aromatic nitrogens is 2. The van der Waals surface area contributed by atoms with Gasteiger partial charge in [0.1, 0.15) is 0 Å². The molecule has 0 saturated carbocycles. The highest BCUT2D eigenvalue weighted by molar-refractivity contribution is 5.77. The zero-order chi connectivity index (χ0) is 18.0.